The van der Waals surface area contributed by atoms with Crippen molar-refractivity contribution in [3.05, 3.63) is 69.3 Å². The minimum Gasteiger partial charge on any atom is -0.463 e. The number of urea groups is 1. The summed E-state index contributed by atoms with van der Waals surface area (Å²) in [4.78, 5) is 44.9. The van der Waals surface area contributed by atoms with E-state index in [0.717, 1.165) is 0 Å². The average molecular weight is 501 g/mol. The fourth-order valence-electron chi connectivity index (χ4n) is 4.54. The van der Waals surface area contributed by atoms with Gasteiger partial charge in [0.2, 0.25) is 0 Å². The smallest absolute Gasteiger partial charge is 0.338 e. The standard InChI is InChI=1S/C25H29FN4O4S/c1-4-34-24(32)21-19(28(3)25(33)27-22(21)17-7-9-18(26)10-8-17)15-29-11-12-30(16(2)14-29)23(31)20-6-5-13-35-20/h5-10,13,16,22H,4,11-12,14-15H2,1-3H3,(H,27,33)/t16-,22-/m0/s1. The van der Waals surface area contributed by atoms with E-state index in [1.54, 1.807) is 26.1 Å². The normalized spacial score (nSPS) is 21.2. The van der Waals surface area contributed by atoms with Crippen LogP contribution in [-0.4, -0.2) is 78.5 Å². The van der Waals surface area contributed by atoms with Crippen LogP contribution in [-0.2, 0) is 9.53 Å². The van der Waals surface area contributed by atoms with E-state index in [1.165, 1.54) is 28.4 Å². The van der Waals surface area contributed by atoms with Crippen LogP contribution >= 0.6 is 11.3 Å². The number of esters is 1. The molecule has 2 aromatic rings. The molecule has 0 unspecified atom stereocenters. The SMILES string of the molecule is CCOC(=O)C1=C(CN2CCN(C(=O)c3cccs3)[C@@H](C)C2)N(C)C(=O)N[C@H]1c1ccc(F)cc1. The molecule has 1 aromatic carbocycles. The minimum absolute atomic E-state index is 0.0177. The Hall–Kier alpha value is -3.24. The van der Waals surface area contributed by atoms with Crippen molar-refractivity contribution < 1.29 is 23.5 Å². The average Bonchev–Trinajstić information content (AvgIpc) is 3.37. The second kappa shape index (κ2) is 10.6. The lowest BCUT2D eigenvalue weighted by molar-refractivity contribution is -0.139. The van der Waals surface area contributed by atoms with E-state index < -0.39 is 17.8 Å². The highest BCUT2D eigenvalue weighted by Gasteiger charge is 2.38. The number of hydrogen-bond acceptors (Lipinski definition) is 6. The van der Waals surface area contributed by atoms with Crippen molar-refractivity contribution in [1.82, 2.24) is 20.0 Å². The second-order valence-corrected chi connectivity index (χ2v) is 9.58. The molecule has 1 saturated heterocycles. The number of thiophene rings is 1. The topological polar surface area (TPSA) is 82.2 Å². The molecule has 0 bridgehead atoms. The summed E-state index contributed by atoms with van der Waals surface area (Å²) >= 11 is 1.43. The first-order chi connectivity index (χ1) is 16.8. The Bertz CT molecular complexity index is 1120. The quantitative estimate of drug-likeness (QED) is 0.616. The monoisotopic (exact) mass is 500 g/mol. The van der Waals surface area contributed by atoms with Gasteiger partial charge in [-0.15, -0.1) is 11.3 Å². The molecule has 2 aliphatic heterocycles. The zero-order valence-corrected chi connectivity index (χ0v) is 20.8. The highest BCUT2D eigenvalue weighted by molar-refractivity contribution is 7.12. The van der Waals surface area contributed by atoms with Crippen molar-refractivity contribution in [3.8, 4) is 0 Å². The molecule has 4 rings (SSSR count). The summed E-state index contributed by atoms with van der Waals surface area (Å²) in [6.45, 7) is 5.96. The third-order valence-electron chi connectivity index (χ3n) is 6.35. The number of nitrogens with zero attached hydrogens (tertiary/aromatic N) is 3. The first-order valence-corrected chi connectivity index (χ1v) is 12.4. The van der Waals surface area contributed by atoms with Crippen LogP contribution in [0.1, 0.15) is 35.1 Å². The van der Waals surface area contributed by atoms with Crippen LogP contribution in [0.15, 0.2) is 53.0 Å². The van der Waals surface area contributed by atoms with E-state index in [0.29, 0.717) is 47.9 Å². The van der Waals surface area contributed by atoms with Crippen molar-refractivity contribution in [2.24, 2.45) is 0 Å². The van der Waals surface area contributed by atoms with E-state index in [1.807, 2.05) is 29.3 Å². The van der Waals surface area contributed by atoms with Gasteiger partial charge in [0.15, 0.2) is 0 Å². The number of carbonyl (C=O) groups is 3. The van der Waals surface area contributed by atoms with Crippen LogP contribution in [0.4, 0.5) is 9.18 Å². The molecule has 0 radical (unpaired) electrons. The Morgan fingerprint density at radius 3 is 2.57 bits per heavy atom. The predicted molar refractivity (Wildman–Crippen MR) is 130 cm³/mol. The molecule has 0 aliphatic carbocycles. The largest absolute Gasteiger partial charge is 0.463 e. The summed E-state index contributed by atoms with van der Waals surface area (Å²) in [5.74, 6) is -0.911. The lowest BCUT2D eigenvalue weighted by atomic mass is 9.94. The molecule has 1 fully saturated rings. The highest BCUT2D eigenvalue weighted by atomic mass is 32.1. The molecule has 2 atom stereocenters. The van der Waals surface area contributed by atoms with Crippen LogP contribution in [0.5, 0.6) is 0 Å². The van der Waals surface area contributed by atoms with E-state index in [9.17, 15) is 18.8 Å². The molecule has 3 amide bonds. The fourth-order valence-corrected chi connectivity index (χ4v) is 5.21. The number of carbonyl (C=O) groups excluding carboxylic acids is 3. The first-order valence-electron chi connectivity index (χ1n) is 11.6. The van der Waals surface area contributed by atoms with Crippen molar-refractivity contribution in [2.45, 2.75) is 25.9 Å². The Labute approximate surface area is 207 Å². The number of nitrogens with one attached hydrogen (secondary N) is 1. The van der Waals surface area contributed by atoms with Gasteiger partial charge in [0.05, 0.1) is 23.1 Å². The third-order valence-corrected chi connectivity index (χ3v) is 7.21. The summed E-state index contributed by atoms with van der Waals surface area (Å²) in [6.07, 6.45) is 0. The number of hydrogen-bond donors (Lipinski definition) is 1. The molecule has 186 valence electrons. The highest BCUT2D eigenvalue weighted by Crippen LogP contribution is 2.32. The number of rotatable bonds is 6. The van der Waals surface area contributed by atoms with E-state index in [-0.39, 0.29) is 24.6 Å². The number of amides is 3. The maximum Gasteiger partial charge on any atom is 0.338 e. The number of likely N-dealkylation sites (N-methyl/N-ethyl adjacent to an activating group) is 1. The summed E-state index contributed by atoms with van der Waals surface area (Å²) in [6, 6.07) is 8.24. The van der Waals surface area contributed by atoms with E-state index >= 15 is 0 Å². The van der Waals surface area contributed by atoms with Gasteiger partial charge in [-0.3, -0.25) is 14.6 Å². The van der Waals surface area contributed by atoms with E-state index in [2.05, 4.69) is 10.2 Å². The van der Waals surface area contributed by atoms with Crippen molar-refractivity contribution >= 4 is 29.2 Å². The molecule has 35 heavy (non-hydrogen) atoms. The Balaban J connectivity index is 1.61. The predicted octanol–water partition coefficient (Wildman–Crippen LogP) is 3.25. The maximum atomic E-state index is 13.5. The van der Waals surface area contributed by atoms with Gasteiger partial charge in [-0.05, 0) is 43.0 Å². The van der Waals surface area contributed by atoms with Gasteiger partial charge in [-0.25, -0.2) is 14.0 Å². The molecule has 8 nitrogen and oxygen atoms in total. The summed E-state index contributed by atoms with van der Waals surface area (Å²) in [5.41, 5.74) is 1.45. The molecule has 2 aliphatic rings. The fraction of sp³-hybridized carbons (Fsp3) is 0.400. The minimum atomic E-state index is -0.757. The number of piperazine rings is 1. The molecule has 3 heterocycles. The lowest BCUT2D eigenvalue weighted by Gasteiger charge is -2.42. The molecular formula is C25H29FN4O4S. The Kier molecular flexibility index (Phi) is 7.51. The van der Waals surface area contributed by atoms with Crippen LogP contribution in [0.3, 0.4) is 0 Å². The van der Waals surface area contributed by atoms with Gasteiger partial charge in [0.25, 0.3) is 5.91 Å². The molecule has 1 aromatic heterocycles. The van der Waals surface area contributed by atoms with Crippen molar-refractivity contribution in [1.29, 1.82) is 0 Å². The summed E-state index contributed by atoms with van der Waals surface area (Å²) < 4.78 is 18.9. The maximum absolute atomic E-state index is 13.5. The van der Waals surface area contributed by atoms with Crippen LogP contribution in [0.25, 0.3) is 0 Å². The Morgan fingerprint density at radius 2 is 1.94 bits per heavy atom. The third kappa shape index (κ3) is 5.23. The van der Waals surface area contributed by atoms with E-state index in [4.69, 9.17) is 4.74 Å². The Morgan fingerprint density at radius 1 is 1.20 bits per heavy atom. The van der Waals surface area contributed by atoms with Crippen LogP contribution in [0, 0.1) is 5.82 Å². The molecule has 10 heteroatoms. The lowest BCUT2D eigenvalue weighted by Crippen LogP contribution is -2.56. The van der Waals surface area contributed by atoms with Crippen molar-refractivity contribution in [2.75, 3.05) is 39.8 Å². The van der Waals surface area contributed by atoms with Gasteiger partial charge in [-0.2, -0.15) is 0 Å². The van der Waals surface area contributed by atoms with Gasteiger partial charge in [0.1, 0.15) is 5.82 Å². The molecule has 0 spiro atoms. The zero-order valence-electron chi connectivity index (χ0n) is 20.0. The zero-order chi connectivity index (χ0) is 25.1. The number of halogens is 1. The number of ether oxygens (including phenoxy) is 1. The first kappa shape index (κ1) is 24.9. The molecular weight excluding hydrogens is 471 g/mol. The molecule has 1 N–H and O–H groups in total. The molecule has 0 saturated carbocycles. The van der Waals surface area contributed by atoms with Gasteiger partial charge in [0, 0.05) is 45.0 Å². The van der Waals surface area contributed by atoms with Gasteiger partial charge in [-0.1, -0.05) is 18.2 Å². The summed E-state index contributed by atoms with van der Waals surface area (Å²) in [7, 11) is 1.62. The second-order valence-electron chi connectivity index (χ2n) is 8.63. The van der Waals surface area contributed by atoms with Gasteiger partial charge >= 0.3 is 12.0 Å². The van der Waals surface area contributed by atoms with Crippen LogP contribution in [0.2, 0.25) is 0 Å². The van der Waals surface area contributed by atoms with Gasteiger partial charge < -0.3 is 15.0 Å². The summed E-state index contributed by atoms with van der Waals surface area (Å²) in [5, 5.41) is 4.73. The number of benzene rings is 1. The van der Waals surface area contributed by atoms with Crippen LogP contribution < -0.4 is 5.32 Å². The van der Waals surface area contributed by atoms with Crippen molar-refractivity contribution in [3.63, 3.8) is 0 Å².